The second-order valence-electron chi connectivity index (χ2n) is 4.16. The van der Waals surface area contributed by atoms with Gasteiger partial charge in [-0.25, -0.2) is 4.68 Å². The summed E-state index contributed by atoms with van der Waals surface area (Å²) in [6, 6.07) is 4.35. The fourth-order valence-electron chi connectivity index (χ4n) is 1.74. The molecule has 1 N–H and O–H groups in total. The number of aliphatic carboxylic acids is 1. The van der Waals surface area contributed by atoms with Gasteiger partial charge in [0.15, 0.2) is 0 Å². The molecule has 0 unspecified atom stereocenters. The van der Waals surface area contributed by atoms with Crippen LogP contribution in [0.5, 0.6) is 5.75 Å². The van der Waals surface area contributed by atoms with Gasteiger partial charge in [-0.2, -0.15) is 0 Å². The molecule has 9 nitrogen and oxygen atoms in total. The molecule has 0 aliphatic carbocycles. The minimum atomic E-state index is -0.944. The van der Waals surface area contributed by atoms with Gasteiger partial charge in [0.05, 0.1) is 36.4 Å². The SMILES string of the molecule is COc1ccc(-n2cc(CCC(=O)O)nn2)c([N+](=O)[O-])c1. The highest BCUT2D eigenvalue weighted by atomic mass is 16.6. The number of nitro benzene ring substituents is 1. The van der Waals surface area contributed by atoms with Gasteiger partial charge in [-0.15, -0.1) is 5.10 Å². The van der Waals surface area contributed by atoms with E-state index in [4.69, 9.17) is 9.84 Å². The van der Waals surface area contributed by atoms with E-state index in [9.17, 15) is 14.9 Å². The minimum Gasteiger partial charge on any atom is -0.496 e. The van der Waals surface area contributed by atoms with Crippen LogP contribution in [0.15, 0.2) is 24.4 Å². The van der Waals surface area contributed by atoms with E-state index in [2.05, 4.69) is 10.3 Å². The van der Waals surface area contributed by atoms with Crippen LogP contribution >= 0.6 is 0 Å². The Bertz CT molecular complexity index is 682. The topological polar surface area (TPSA) is 120 Å². The first kappa shape index (κ1) is 14.4. The Balaban J connectivity index is 2.33. The van der Waals surface area contributed by atoms with Crippen molar-refractivity contribution in [1.82, 2.24) is 15.0 Å². The first-order valence-corrected chi connectivity index (χ1v) is 5.97. The van der Waals surface area contributed by atoms with E-state index in [1.807, 2.05) is 0 Å². The molecule has 0 bridgehead atoms. The fourth-order valence-corrected chi connectivity index (χ4v) is 1.74. The van der Waals surface area contributed by atoms with E-state index in [1.165, 1.54) is 30.1 Å². The highest BCUT2D eigenvalue weighted by Crippen LogP contribution is 2.27. The maximum absolute atomic E-state index is 11.1. The Labute approximate surface area is 118 Å². The zero-order valence-electron chi connectivity index (χ0n) is 11.1. The Kier molecular flexibility index (Phi) is 4.12. The van der Waals surface area contributed by atoms with Crippen LogP contribution in [-0.2, 0) is 11.2 Å². The summed E-state index contributed by atoms with van der Waals surface area (Å²) in [5, 5.41) is 27.3. The van der Waals surface area contributed by atoms with Gasteiger partial charge in [-0.05, 0) is 12.1 Å². The number of hydrogen-bond acceptors (Lipinski definition) is 6. The molecule has 0 aliphatic rings. The molecule has 0 saturated heterocycles. The number of carbonyl (C=O) groups is 1. The zero-order valence-corrected chi connectivity index (χ0v) is 11.1. The highest BCUT2D eigenvalue weighted by Gasteiger charge is 2.18. The van der Waals surface area contributed by atoms with E-state index in [0.717, 1.165) is 0 Å². The third kappa shape index (κ3) is 3.32. The van der Waals surface area contributed by atoms with Crippen molar-refractivity contribution in [3.05, 3.63) is 40.2 Å². The molecule has 0 amide bonds. The second-order valence-corrected chi connectivity index (χ2v) is 4.16. The quantitative estimate of drug-likeness (QED) is 0.627. The number of carboxylic acid groups (broad SMARTS) is 1. The van der Waals surface area contributed by atoms with Gasteiger partial charge in [0.25, 0.3) is 5.69 Å². The number of carboxylic acids is 1. The number of ether oxygens (including phenoxy) is 1. The van der Waals surface area contributed by atoms with Crippen molar-refractivity contribution < 1.29 is 19.6 Å². The van der Waals surface area contributed by atoms with Gasteiger partial charge in [0.2, 0.25) is 0 Å². The first-order valence-electron chi connectivity index (χ1n) is 5.97. The molecule has 2 aromatic rings. The monoisotopic (exact) mass is 292 g/mol. The number of methoxy groups -OCH3 is 1. The molecule has 110 valence electrons. The molecule has 0 atom stereocenters. The lowest BCUT2D eigenvalue weighted by Crippen LogP contribution is -2.01. The molecule has 1 aromatic heterocycles. The summed E-state index contributed by atoms with van der Waals surface area (Å²) in [5.41, 5.74) is 0.501. The lowest BCUT2D eigenvalue weighted by molar-refractivity contribution is -0.384. The van der Waals surface area contributed by atoms with Gasteiger partial charge < -0.3 is 9.84 Å². The predicted octanol–water partition coefficient (Wildman–Crippen LogP) is 1.20. The van der Waals surface area contributed by atoms with Crippen molar-refractivity contribution in [2.75, 3.05) is 7.11 Å². The number of nitrogens with zero attached hydrogens (tertiary/aromatic N) is 4. The van der Waals surface area contributed by atoms with Gasteiger partial charge >= 0.3 is 5.97 Å². The first-order chi connectivity index (χ1) is 10.0. The number of nitro groups is 1. The van der Waals surface area contributed by atoms with Gasteiger partial charge in [-0.3, -0.25) is 14.9 Å². The number of aromatic nitrogens is 3. The maximum Gasteiger partial charge on any atom is 0.303 e. The third-order valence-electron chi connectivity index (χ3n) is 2.76. The van der Waals surface area contributed by atoms with Crippen LogP contribution in [0.1, 0.15) is 12.1 Å². The van der Waals surface area contributed by atoms with Crippen LogP contribution in [0, 0.1) is 10.1 Å². The Hall–Kier alpha value is -2.97. The summed E-state index contributed by atoms with van der Waals surface area (Å²) >= 11 is 0. The average Bonchev–Trinajstić information content (AvgIpc) is 2.93. The van der Waals surface area contributed by atoms with Crippen LogP contribution in [0.25, 0.3) is 5.69 Å². The van der Waals surface area contributed by atoms with Gasteiger partial charge in [-0.1, -0.05) is 5.21 Å². The normalized spacial score (nSPS) is 10.3. The van der Waals surface area contributed by atoms with E-state index in [1.54, 1.807) is 6.07 Å². The molecule has 2 rings (SSSR count). The summed E-state index contributed by atoms with van der Waals surface area (Å²) < 4.78 is 6.20. The van der Waals surface area contributed by atoms with E-state index < -0.39 is 10.9 Å². The summed E-state index contributed by atoms with van der Waals surface area (Å²) in [6.07, 6.45) is 1.60. The summed E-state index contributed by atoms with van der Waals surface area (Å²) in [4.78, 5) is 21.1. The smallest absolute Gasteiger partial charge is 0.303 e. The molecule has 9 heteroatoms. The minimum absolute atomic E-state index is 0.0800. The molecular weight excluding hydrogens is 280 g/mol. The van der Waals surface area contributed by atoms with Crippen LogP contribution in [-0.4, -0.2) is 38.1 Å². The Morgan fingerprint density at radius 2 is 2.29 bits per heavy atom. The van der Waals surface area contributed by atoms with Crippen molar-refractivity contribution >= 4 is 11.7 Å². The summed E-state index contributed by atoms with van der Waals surface area (Å²) in [5.74, 6) is -0.586. The molecule has 1 heterocycles. The van der Waals surface area contributed by atoms with Crippen LogP contribution in [0.2, 0.25) is 0 Å². The number of benzene rings is 1. The molecular formula is C12H12N4O5. The van der Waals surface area contributed by atoms with E-state index in [-0.39, 0.29) is 24.2 Å². The molecule has 0 radical (unpaired) electrons. The van der Waals surface area contributed by atoms with E-state index >= 15 is 0 Å². The molecule has 0 spiro atoms. The van der Waals surface area contributed by atoms with E-state index in [0.29, 0.717) is 11.4 Å². The highest BCUT2D eigenvalue weighted by molar-refractivity contribution is 5.66. The molecule has 1 aromatic carbocycles. The van der Waals surface area contributed by atoms with Crippen LogP contribution in [0.3, 0.4) is 0 Å². The van der Waals surface area contributed by atoms with Gasteiger partial charge in [0, 0.05) is 6.42 Å². The van der Waals surface area contributed by atoms with Crippen molar-refractivity contribution in [1.29, 1.82) is 0 Å². The molecule has 21 heavy (non-hydrogen) atoms. The van der Waals surface area contributed by atoms with Crippen molar-refractivity contribution in [2.45, 2.75) is 12.8 Å². The lowest BCUT2D eigenvalue weighted by Gasteiger charge is -2.04. The Morgan fingerprint density at radius 3 is 2.90 bits per heavy atom. The van der Waals surface area contributed by atoms with Crippen molar-refractivity contribution in [2.24, 2.45) is 0 Å². The number of rotatable bonds is 6. The van der Waals surface area contributed by atoms with Crippen molar-refractivity contribution in [3.8, 4) is 11.4 Å². The number of aryl methyl sites for hydroxylation is 1. The molecule has 0 saturated carbocycles. The van der Waals surface area contributed by atoms with Crippen LogP contribution in [0.4, 0.5) is 5.69 Å². The lowest BCUT2D eigenvalue weighted by atomic mass is 10.2. The molecule has 0 aliphatic heterocycles. The molecule has 0 fully saturated rings. The predicted molar refractivity (Wildman–Crippen MR) is 70.5 cm³/mol. The summed E-state index contributed by atoms with van der Waals surface area (Å²) in [6.45, 7) is 0. The second kappa shape index (κ2) is 5.99. The number of hydrogen-bond donors (Lipinski definition) is 1. The maximum atomic E-state index is 11.1. The largest absolute Gasteiger partial charge is 0.496 e. The van der Waals surface area contributed by atoms with Crippen LogP contribution < -0.4 is 4.74 Å². The third-order valence-corrected chi connectivity index (χ3v) is 2.76. The Morgan fingerprint density at radius 1 is 1.52 bits per heavy atom. The zero-order chi connectivity index (χ0) is 15.4. The van der Waals surface area contributed by atoms with Gasteiger partial charge in [0.1, 0.15) is 11.4 Å². The standard InChI is InChI=1S/C12H12N4O5/c1-21-9-3-4-10(11(6-9)16(19)20)15-7-8(13-14-15)2-5-12(17)18/h3-4,6-7H,2,5H2,1H3,(H,17,18). The fraction of sp³-hybridized carbons (Fsp3) is 0.250. The van der Waals surface area contributed by atoms with Crippen molar-refractivity contribution in [3.63, 3.8) is 0 Å². The average molecular weight is 292 g/mol. The summed E-state index contributed by atoms with van der Waals surface area (Å²) in [7, 11) is 1.41.